The summed E-state index contributed by atoms with van der Waals surface area (Å²) in [6, 6.07) is 15.9. The van der Waals surface area contributed by atoms with Gasteiger partial charge in [-0.25, -0.2) is 9.37 Å². The number of ether oxygens (including phenoxy) is 2. The van der Waals surface area contributed by atoms with Crippen LogP contribution in [0, 0.1) is 11.7 Å². The zero-order valence-electron chi connectivity index (χ0n) is 25.6. The van der Waals surface area contributed by atoms with Gasteiger partial charge in [-0.3, -0.25) is 9.69 Å². The molecule has 0 amide bonds. The fourth-order valence-corrected chi connectivity index (χ4v) is 5.93. The molecule has 1 N–H and O–H groups in total. The van der Waals surface area contributed by atoms with Crippen molar-refractivity contribution in [3.05, 3.63) is 77.2 Å². The van der Waals surface area contributed by atoms with Gasteiger partial charge in [0.05, 0.1) is 25.8 Å². The van der Waals surface area contributed by atoms with Crippen molar-refractivity contribution in [1.29, 1.82) is 0 Å². The Hall–Kier alpha value is -3.45. The first-order chi connectivity index (χ1) is 20.9. The third kappa shape index (κ3) is 8.35. The smallest absolute Gasteiger partial charge is 0.306 e. The number of nitrogens with zero attached hydrogens (tertiary/aromatic N) is 2. The average Bonchev–Trinajstić information content (AvgIpc) is 3.96. The molecule has 4 aliphatic rings. The molecule has 3 fully saturated rings. The molecule has 1 aromatic heterocycles. The number of fused-ring (bicyclic) bond motifs is 1. The van der Waals surface area contributed by atoms with Crippen LogP contribution < -0.4 is 9.47 Å². The highest BCUT2D eigenvalue weighted by Crippen LogP contribution is 2.49. The van der Waals surface area contributed by atoms with Crippen molar-refractivity contribution in [2.75, 3.05) is 20.3 Å². The standard InChI is InChI=1S/C20H23FN2O.C13H16O3.C3H6/c1-24-19-12-17(18(21)13-22-19)16-7-3-2-6-15(16)14-23-11-5-4-8-20(23)9-10-20;1-9(13(14)15)7-10-4-5-11-3-2-6-16-12(11)8-10;1-2-3-1/h2-3,6-7,12-13H,4-5,8-11,14H2,1H3;4-5,8-9H,2-3,6-7H2,1H3,(H,14,15);1-3H2. The van der Waals surface area contributed by atoms with Crippen molar-refractivity contribution in [1.82, 2.24) is 9.88 Å². The fourth-order valence-electron chi connectivity index (χ4n) is 5.93. The molecule has 7 rings (SSSR count). The number of pyridine rings is 1. The van der Waals surface area contributed by atoms with Gasteiger partial charge in [-0.2, -0.15) is 0 Å². The molecule has 7 heteroatoms. The summed E-state index contributed by atoms with van der Waals surface area (Å²) in [6.07, 6.45) is 15.0. The van der Waals surface area contributed by atoms with Crippen LogP contribution in [-0.4, -0.2) is 46.8 Å². The Balaban J connectivity index is 0.000000167. The number of carboxylic acid groups (broad SMARTS) is 1. The maximum atomic E-state index is 14.4. The summed E-state index contributed by atoms with van der Waals surface area (Å²) in [6.45, 7) is 4.53. The van der Waals surface area contributed by atoms with Crippen LogP contribution in [0.15, 0.2) is 54.7 Å². The number of aromatic nitrogens is 1. The molecule has 6 nitrogen and oxygen atoms in total. The number of halogens is 1. The van der Waals surface area contributed by atoms with Crippen LogP contribution in [0.2, 0.25) is 0 Å². The van der Waals surface area contributed by atoms with Gasteiger partial charge in [0.2, 0.25) is 5.88 Å². The molecule has 0 radical (unpaired) electrons. The molecular formula is C36H45FN2O4. The molecule has 1 spiro atoms. The molecule has 43 heavy (non-hydrogen) atoms. The normalized spacial score (nSPS) is 18.5. The van der Waals surface area contributed by atoms with E-state index in [-0.39, 0.29) is 11.7 Å². The molecule has 0 bridgehead atoms. The van der Waals surface area contributed by atoms with Crippen LogP contribution in [0.3, 0.4) is 0 Å². The Morgan fingerprint density at radius 3 is 2.56 bits per heavy atom. The lowest BCUT2D eigenvalue weighted by Gasteiger charge is -2.36. The molecule has 3 heterocycles. The highest BCUT2D eigenvalue weighted by atomic mass is 19.1. The van der Waals surface area contributed by atoms with Crippen molar-refractivity contribution in [2.45, 2.75) is 89.6 Å². The molecule has 2 aliphatic carbocycles. The van der Waals surface area contributed by atoms with E-state index in [2.05, 4.69) is 22.0 Å². The van der Waals surface area contributed by atoms with E-state index in [4.69, 9.17) is 14.6 Å². The number of carbonyl (C=O) groups is 1. The van der Waals surface area contributed by atoms with Gasteiger partial charge < -0.3 is 14.6 Å². The van der Waals surface area contributed by atoms with Crippen molar-refractivity contribution >= 4 is 5.97 Å². The molecule has 2 aliphatic heterocycles. The second-order valence-electron chi connectivity index (χ2n) is 12.4. The first kappa shape index (κ1) is 31.0. The van der Waals surface area contributed by atoms with E-state index in [9.17, 15) is 9.18 Å². The third-order valence-corrected chi connectivity index (χ3v) is 8.82. The summed E-state index contributed by atoms with van der Waals surface area (Å²) in [5.41, 5.74) is 5.39. The number of carboxylic acids is 1. The van der Waals surface area contributed by atoms with Crippen LogP contribution in [0.1, 0.15) is 81.4 Å². The van der Waals surface area contributed by atoms with Crippen LogP contribution in [-0.2, 0) is 24.2 Å². The van der Waals surface area contributed by atoms with Crippen LogP contribution in [0.4, 0.5) is 4.39 Å². The molecule has 230 valence electrons. The molecule has 2 saturated carbocycles. The molecule has 1 unspecified atom stereocenters. The minimum atomic E-state index is -0.751. The number of aryl methyl sites for hydroxylation is 1. The predicted octanol–water partition coefficient (Wildman–Crippen LogP) is 7.86. The zero-order chi connectivity index (χ0) is 30.2. The summed E-state index contributed by atoms with van der Waals surface area (Å²) >= 11 is 0. The Labute approximate surface area is 255 Å². The zero-order valence-corrected chi connectivity index (χ0v) is 25.6. The van der Waals surface area contributed by atoms with Gasteiger partial charge in [-0.15, -0.1) is 0 Å². The number of hydrogen-bond acceptors (Lipinski definition) is 5. The Morgan fingerprint density at radius 1 is 1.05 bits per heavy atom. The average molecular weight is 589 g/mol. The van der Waals surface area contributed by atoms with Gasteiger partial charge >= 0.3 is 5.97 Å². The Kier molecular flexibility index (Phi) is 10.3. The Morgan fingerprint density at radius 2 is 1.84 bits per heavy atom. The first-order valence-electron chi connectivity index (χ1n) is 15.9. The summed E-state index contributed by atoms with van der Waals surface area (Å²) in [4.78, 5) is 17.3. The van der Waals surface area contributed by atoms with Crippen LogP contribution in [0.5, 0.6) is 11.6 Å². The van der Waals surface area contributed by atoms with E-state index in [0.29, 0.717) is 23.4 Å². The van der Waals surface area contributed by atoms with E-state index in [1.807, 2.05) is 30.3 Å². The topological polar surface area (TPSA) is 71.9 Å². The summed E-state index contributed by atoms with van der Waals surface area (Å²) in [5, 5.41) is 8.85. The highest BCUT2D eigenvalue weighted by Gasteiger charge is 2.48. The quantitative estimate of drug-likeness (QED) is 0.303. The second kappa shape index (κ2) is 14.3. The first-order valence-corrected chi connectivity index (χ1v) is 15.9. The molecule has 1 atom stereocenters. The van der Waals surface area contributed by atoms with Crippen molar-refractivity contribution in [2.24, 2.45) is 5.92 Å². The minimum absolute atomic E-state index is 0.303. The van der Waals surface area contributed by atoms with Crippen LogP contribution in [0.25, 0.3) is 11.1 Å². The van der Waals surface area contributed by atoms with Crippen molar-refractivity contribution in [3.63, 3.8) is 0 Å². The van der Waals surface area contributed by atoms with Gasteiger partial charge in [-0.1, -0.05) is 69.0 Å². The molecule has 2 aromatic carbocycles. The number of rotatable bonds is 7. The number of methoxy groups -OCH3 is 1. The highest BCUT2D eigenvalue weighted by molar-refractivity contribution is 5.70. The van der Waals surface area contributed by atoms with Crippen LogP contribution >= 0.6 is 0 Å². The van der Waals surface area contributed by atoms with E-state index >= 15 is 0 Å². The summed E-state index contributed by atoms with van der Waals surface area (Å²) in [5.74, 6) is -0.0255. The fraction of sp³-hybridized carbons (Fsp3) is 0.500. The molecule has 3 aromatic rings. The van der Waals surface area contributed by atoms with E-state index in [1.54, 1.807) is 20.1 Å². The number of aliphatic carboxylic acids is 1. The van der Waals surface area contributed by atoms with Gasteiger partial charge in [-0.05, 0) is 79.8 Å². The van der Waals surface area contributed by atoms with E-state index in [0.717, 1.165) is 49.4 Å². The van der Waals surface area contributed by atoms with Gasteiger partial charge in [0.15, 0.2) is 0 Å². The SMILES string of the molecule is C1CC1.CC(Cc1ccc2c(c1)OCCC2)C(=O)O.COc1cc(-c2ccccc2CN2CCCCC23CC3)c(F)cn1. The van der Waals surface area contributed by atoms with Gasteiger partial charge in [0.1, 0.15) is 11.6 Å². The largest absolute Gasteiger partial charge is 0.493 e. The maximum Gasteiger partial charge on any atom is 0.306 e. The number of benzene rings is 2. The van der Waals surface area contributed by atoms with Crippen molar-refractivity contribution < 1.29 is 23.8 Å². The molecule has 1 saturated heterocycles. The maximum absolute atomic E-state index is 14.4. The number of likely N-dealkylation sites (tertiary alicyclic amines) is 1. The summed E-state index contributed by atoms with van der Waals surface area (Å²) in [7, 11) is 1.56. The van der Waals surface area contributed by atoms with E-state index in [1.165, 1.54) is 68.7 Å². The lowest BCUT2D eigenvalue weighted by Crippen LogP contribution is -2.40. The predicted molar refractivity (Wildman–Crippen MR) is 167 cm³/mol. The monoisotopic (exact) mass is 588 g/mol. The number of hydrogen-bond donors (Lipinski definition) is 1. The van der Waals surface area contributed by atoms with E-state index < -0.39 is 5.97 Å². The molecular weight excluding hydrogens is 543 g/mol. The van der Waals surface area contributed by atoms with Gasteiger partial charge in [0.25, 0.3) is 0 Å². The lowest BCUT2D eigenvalue weighted by atomic mass is 9.96. The van der Waals surface area contributed by atoms with Crippen molar-refractivity contribution in [3.8, 4) is 22.8 Å². The third-order valence-electron chi connectivity index (χ3n) is 8.82. The second-order valence-corrected chi connectivity index (χ2v) is 12.4. The minimum Gasteiger partial charge on any atom is -0.493 e. The summed E-state index contributed by atoms with van der Waals surface area (Å²) < 4.78 is 25.1. The lowest BCUT2D eigenvalue weighted by molar-refractivity contribution is -0.141. The number of piperidine rings is 1. The Bertz CT molecular complexity index is 1380. The van der Waals surface area contributed by atoms with Gasteiger partial charge in [0, 0.05) is 23.7 Å².